The first-order chi connectivity index (χ1) is 9.28. The zero-order valence-corrected chi connectivity index (χ0v) is 10.2. The Morgan fingerprint density at radius 3 is 3.00 bits per heavy atom. The van der Waals surface area contributed by atoms with Gasteiger partial charge in [-0.3, -0.25) is 4.79 Å². The first-order valence-corrected chi connectivity index (χ1v) is 6.11. The maximum Gasteiger partial charge on any atom is 0.258 e. The minimum Gasteiger partial charge on any atom is -0.478 e. The molecule has 0 saturated heterocycles. The highest BCUT2D eigenvalue weighted by atomic mass is 16.5. The van der Waals surface area contributed by atoms with Gasteiger partial charge in [-0.2, -0.15) is 5.26 Å². The summed E-state index contributed by atoms with van der Waals surface area (Å²) in [6.45, 7) is -0.102. The van der Waals surface area contributed by atoms with Crippen molar-refractivity contribution in [3.8, 4) is 11.8 Å². The Bertz CT molecular complexity index is 665. The molecular weight excluding hydrogens is 244 g/mol. The molecule has 0 aliphatic heterocycles. The highest BCUT2D eigenvalue weighted by Crippen LogP contribution is 2.32. The molecule has 19 heavy (non-hydrogen) atoms. The van der Waals surface area contributed by atoms with Gasteiger partial charge in [0.1, 0.15) is 11.7 Å². The summed E-state index contributed by atoms with van der Waals surface area (Å²) in [7, 11) is 0. The Hall–Kier alpha value is -2.48. The predicted octanol–water partition coefficient (Wildman–Crippen LogP) is 1.96. The van der Waals surface area contributed by atoms with Crippen LogP contribution in [0.25, 0.3) is 11.0 Å². The van der Waals surface area contributed by atoms with Crippen LogP contribution in [0.4, 0.5) is 0 Å². The molecule has 0 atom stereocenters. The second kappa shape index (κ2) is 4.65. The summed E-state index contributed by atoms with van der Waals surface area (Å²) in [5.74, 6) is 0.265. The zero-order valence-electron chi connectivity index (χ0n) is 10.2. The molecule has 1 aliphatic carbocycles. The molecule has 2 aromatic rings. The lowest BCUT2D eigenvalue weighted by Gasteiger charge is -2.05. The molecule has 0 unspecified atom stereocenters. The molecule has 1 amide bonds. The Kier molecular flexibility index (Phi) is 2.84. The van der Waals surface area contributed by atoms with E-state index in [1.807, 2.05) is 18.2 Å². The summed E-state index contributed by atoms with van der Waals surface area (Å²) in [6, 6.07) is 9.44. The van der Waals surface area contributed by atoms with Crippen LogP contribution in [0.5, 0.6) is 5.75 Å². The lowest BCUT2D eigenvalue weighted by molar-refractivity contribution is -0.123. The van der Waals surface area contributed by atoms with Gasteiger partial charge in [-0.25, -0.2) is 0 Å². The first-order valence-electron chi connectivity index (χ1n) is 6.11. The van der Waals surface area contributed by atoms with Crippen LogP contribution >= 0.6 is 0 Å². The van der Waals surface area contributed by atoms with Crippen LogP contribution in [-0.2, 0) is 4.79 Å². The molecule has 1 aromatic heterocycles. The monoisotopic (exact) mass is 256 g/mol. The highest BCUT2D eigenvalue weighted by molar-refractivity contribution is 5.87. The van der Waals surface area contributed by atoms with Gasteiger partial charge in [-0.05, 0) is 25.0 Å². The molecular formula is C14H12N2O3. The van der Waals surface area contributed by atoms with Crippen molar-refractivity contribution in [1.29, 1.82) is 5.26 Å². The van der Waals surface area contributed by atoms with Crippen molar-refractivity contribution in [2.75, 3.05) is 6.61 Å². The van der Waals surface area contributed by atoms with E-state index in [9.17, 15) is 4.79 Å². The molecule has 1 aliphatic rings. The first kappa shape index (κ1) is 11.6. The molecule has 1 aromatic carbocycles. The Morgan fingerprint density at radius 1 is 1.47 bits per heavy atom. The Morgan fingerprint density at radius 2 is 2.26 bits per heavy atom. The molecule has 1 heterocycles. The SMILES string of the molecule is N#Cc1oc2ccccc2c1OCC(=O)NC1CC1. The fourth-order valence-electron chi connectivity index (χ4n) is 1.87. The third-order valence-electron chi connectivity index (χ3n) is 2.94. The molecule has 0 bridgehead atoms. The van der Waals surface area contributed by atoms with Crippen LogP contribution in [0.1, 0.15) is 18.6 Å². The van der Waals surface area contributed by atoms with E-state index in [2.05, 4.69) is 5.32 Å². The van der Waals surface area contributed by atoms with Crippen LogP contribution in [0.15, 0.2) is 28.7 Å². The number of nitriles is 1. The number of nitrogens with zero attached hydrogens (tertiary/aromatic N) is 1. The van der Waals surface area contributed by atoms with E-state index in [1.165, 1.54) is 0 Å². The fourth-order valence-corrected chi connectivity index (χ4v) is 1.87. The van der Waals surface area contributed by atoms with E-state index in [1.54, 1.807) is 12.1 Å². The van der Waals surface area contributed by atoms with Crippen LogP contribution in [0.2, 0.25) is 0 Å². The summed E-state index contributed by atoms with van der Waals surface area (Å²) < 4.78 is 10.8. The number of carbonyl (C=O) groups excluding carboxylic acids is 1. The number of hydrogen-bond donors (Lipinski definition) is 1. The maximum absolute atomic E-state index is 11.6. The fraction of sp³-hybridized carbons (Fsp3) is 0.286. The number of fused-ring (bicyclic) bond motifs is 1. The number of benzene rings is 1. The molecule has 96 valence electrons. The van der Waals surface area contributed by atoms with Gasteiger partial charge in [0.05, 0.1) is 5.39 Å². The summed E-state index contributed by atoms with van der Waals surface area (Å²) >= 11 is 0. The molecule has 1 N–H and O–H groups in total. The summed E-state index contributed by atoms with van der Waals surface area (Å²) in [5, 5.41) is 12.5. The number of furan rings is 1. The van der Waals surface area contributed by atoms with E-state index in [4.69, 9.17) is 14.4 Å². The van der Waals surface area contributed by atoms with Crippen LogP contribution in [-0.4, -0.2) is 18.6 Å². The predicted molar refractivity (Wildman–Crippen MR) is 67.6 cm³/mol. The van der Waals surface area contributed by atoms with Gasteiger partial charge >= 0.3 is 0 Å². The number of rotatable bonds is 4. The third-order valence-corrected chi connectivity index (χ3v) is 2.94. The third kappa shape index (κ3) is 2.38. The quantitative estimate of drug-likeness (QED) is 0.907. The van der Waals surface area contributed by atoms with Crippen molar-refractivity contribution in [2.45, 2.75) is 18.9 Å². The van der Waals surface area contributed by atoms with E-state index in [0.29, 0.717) is 22.8 Å². The van der Waals surface area contributed by atoms with Crippen LogP contribution in [0.3, 0.4) is 0 Å². The molecule has 5 nitrogen and oxygen atoms in total. The van der Waals surface area contributed by atoms with E-state index in [0.717, 1.165) is 12.8 Å². The average Bonchev–Trinajstić information content (AvgIpc) is 3.15. The van der Waals surface area contributed by atoms with Gasteiger partial charge in [0.2, 0.25) is 5.76 Å². The molecule has 1 fully saturated rings. The van der Waals surface area contributed by atoms with Gasteiger partial charge in [0.25, 0.3) is 5.91 Å². The van der Waals surface area contributed by atoms with Gasteiger partial charge in [0, 0.05) is 6.04 Å². The van der Waals surface area contributed by atoms with Crippen molar-refractivity contribution < 1.29 is 13.9 Å². The lowest BCUT2D eigenvalue weighted by Crippen LogP contribution is -2.30. The van der Waals surface area contributed by atoms with E-state index in [-0.39, 0.29) is 18.3 Å². The summed E-state index contributed by atoms with van der Waals surface area (Å²) in [4.78, 5) is 11.6. The van der Waals surface area contributed by atoms with Crippen molar-refractivity contribution in [1.82, 2.24) is 5.32 Å². The standard InChI is InChI=1S/C14H12N2O3/c15-7-12-14(10-3-1-2-4-11(10)19-12)18-8-13(17)16-9-5-6-9/h1-4,9H,5-6,8H2,(H,16,17). The molecule has 0 radical (unpaired) electrons. The topological polar surface area (TPSA) is 75.3 Å². The van der Waals surface area contributed by atoms with Gasteiger partial charge in [-0.1, -0.05) is 12.1 Å². The van der Waals surface area contributed by atoms with Crippen molar-refractivity contribution in [3.05, 3.63) is 30.0 Å². The van der Waals surface area contributed by atoms with Gasteiger partial charge in [0.15, 0.2) is 12.4 Å². The number of para-hydroxylation sites is 1. The van der Waals surface area contributed by atoms with Crippen LogP contribution < -0.4 is 10.1 Å². The molecule has 1 saturated carbocycles. The molecule has 0 spiro atoms. The normalized spacial score (nSPS) is 14.1. The number of carbonyl (C=O) groups is 1. The van der Waals surface area contributed by atoms with E-state index < -0.39 is 0 Å². The van der Waals surface area contributed by atoms with Crippen LogP contribution in [0, 0.1) is 11.3 Å². The number of nitrogens with one attached hydrogen (secondary N) is 1. The number of ether oxygens (including phenoxy) is 1. The smallest absolute Gasteiger partial charge is 0.258 e. The minimum absolute atomic E-state index is 0.0976. The number of amides is 1. The molecule has 3 rings (SSSR count). The van der Waals surface area contributed by atoms with Crippen molar-refractivity contribution in [2.24, 2.45) is 0 Å². The average molecular weight is 256 g/mol. The van der Waals surface area contributed by atoms with E-state index >= 15 is 0 Å². The lowest BCUT2D eigenvalue weighted by atomic mass is 10.2. The maximum atomic E-state index is 11.6. The van der Waals surface area contributed by atoms with Crippen molar-refractivity contribution >= 4 is 16.9 Å². The summed E-state index contributed by atoms with van der Waals surface area (Å²) in [6.07, 6.45) is 2.06. The Labute approximate surface area is 109 Å². The Balaban J connectivity index is 1.79. The second-order valence-electron chi connectivity index (χ2n) is 4.50. The second-order valence-corrected chi connectivity index (χ2v) is 4.50. The zero-order chi connectivity index (χ0) is 13.2. The van der Waals surface area contributed by atoms with Crippen molar-refractivity contribution in [3.63, 3.8) is 0 Å². The highest BCUT2D eigenvalue weighted by Gasteiger charge is 2.24. The van der Waals surface area contributed by atoms with Gasteiger partial charge < -0.3 is 14.5 Å². The largest absolute Gasteiger partial charge is 0.478 e. The van der Waals surface area contributed by atoms with Gasteiger partial charge in [-0.15, -0.1) is 0 Å². The minimum atomic E-state index is -0.170. The summed E-state index contributed by atoms with van der Waals surface area (Å²) in [5.41, 5.74) is 0.580. The molecule has 5 heteroatoms. The number of hydrogen-bond acceptors (Lipinski definition) is 4.